The Balaban J connectivity index is 1.67. The fourth-order valence-corrected chi connectivity index (χ4v) is 3.82. The van der Waals surface area contributed by atoms with E-state index in [1.807, 2.05) is 47.1 Å². The van der Waals surface area contributed by atoms with Crippen molar-refractivity contribution in [3.05, 3.63) is 68.6 Å². The first-order valence-electron chi connectivity index (χ1n) is 8.09. The van der Waals surface area contributed by atoms with Gasteiger partial charge in [-0.15, -0.1) is 0 Å². The molecular weight excluding hydrogens is 308 g/mol. The monoisotopic (exact) mass is 326 g/mol. The van der Waals surface area contributed by atoms with E-state index in [0.717, 1.165) is 35.8 Å². The molecule has 3 nitrogen and oxygen atoms in total. The minimum Gasteiger partial charge on any atom is -0.316 e. The predicted molar refractivity (Wildman–Crippen MR) is 94.8 cm³/mol. The SMILES string of the molecule is O=c1c(C=Cc2ccc(Cl)cc2)ccc2n1C[C@H]1CNC[C@H]2C1. The molecular formula is C19H19ClN2O. The molecule has 4 heteroatoms. The molecule has 1 saturated heterocycles. The molecule has 1 N–H and O–H groups in total. The molecule has 2 aliphatic rings. The minimum absolute atomic E-state index is 0.129. The summed E-state index contributed by atoms with van der Waals surface area (Å²) in [5.41, 5.74) is 3.10. The van der Waals surface area contributed by atoms with Crippen LogP contribution in [0.5, 0.6) is 0 Å². The number of fused-ring (bicyclic) bond motifs is 4. The second-order valence-electron chi connectivity index (χ2n) is 6.47. The summed E-state index contributed by atoms with van der Waals surface area (Å²) in [4.78, 5) is 12.8. The van der Waals surface area contributed by atoms with Gasteiger partial charge in [-0.1, -0.05) is 29.8 Å². The lowest BCUT2D eigenvalue weighted by Gasteiger charge is -2.37. The van der Waals surface area contributed by atoms with Gasteiger partial charge in [0.1, 0.15) is 0 Å². The normalized spacial score (nSPS) is 23.0. The molecule has 2 aliphatic heterocycles. The highest BCUT2D eigenvalue weighted by molar-refractivity contribution is 6.30. The number of benzene rings is 1. The van der Waals surface area contributed by atoms with Crippen molar-refractivity contribution in [3.63, 3.8) is 0 Å². The van der Waals surface area contributed by atoms with E-state index >= 15 is 0 Å². The Hall–Kier alpha value is -1.84. The zero-order valence-electron chi connectivity index (χ0n) is 12.8. The van der Waals surface area contributed by atoms with Gasteiger partial charge < -0.3 is 9.88 Å². The van der Waals surface area contributed by atoms with Crippen molar-refractivity contribution in [1.82, 2.24) is 9.88 Å². The van der Waals surface area contributed by atoms with Crippen LogP contribution in [0.1, 0.15) is 29.2 Å². The van der Waals surface area contributed by atoms with Gasteiger partial charge in [0, 0.05) is 35.3 Å². The Morgan fingerprint density at radius 3 is 2.74 bits per heavy atom. The number of piperidine rings is 1. The van der Waals surface area contributed by atoms with E-state index in [-0.39, 0.29) is 5.56 Å². The maximum atomic E-state index is 12.8. The van der Waals surface area contributed by atoms with Crippen LogP contribution in [0.15, 0.2) is 41.2 Å². The number of aromatic nitrogens is 1. The first kappa shape index (κ1) is 14.7. The molecule has 1 aromatic carbocycles. The molecule has 0 amide bonds. The Morgan fingerprint density at radius 2 is 1.91 bits per heavy atom. The van der Waals surface area contributed by atoms with Crippen LogP contribution in [0, 0.1) is 5.92 Å². The number of nitrogens with zero attached hydrogens (tertiary/aromatic N) is 1. The Morgan fingerprint density at radius 1 is 1.09 bits per heavy atom. The van der Waals surface area contributed by atoms with E-state index in [0.29, 0.717) is 11.8 Å². The second kappa shape index (κ2) is 5.99. The maximum absolute atomic E-state index is 12.8. The summed E-state index contributed by atoms with van der Waals surface area (Å²) in [5, 5.41) is 4.19. The molecule has 0 unspecified atom stereocenters. The van der Waals surface area contributed by atoms with Crippen LogP contribution in [0.2, 0.25) is 5.02 Å². The molecule has 2 bridgehead atoms. The first-order valence-corrected chi connectivity index (χ1v) is 8.46. The fourth-order valence-electron chi connectivity index (χ4n) is 3.69. The molecule has 4 rings (SSSR count). The van der Waals surface area contributed by atoms with Gasteiger partial charge in [0.05, 0.1) is 0 Å². The summed E-state index contributed by atoms with van der Waals surface area (Å²) in [5.74, 6) is 1.05. The van der Waals surface area contributed by atoms with Crippen LogP contribution in [0.3, 0.4) is 0 Å². The summed E-state index contributed by atoms with van der Waals surface area (Å²) in [6.07, 6.45) is 5.07. The van der Waals surface area contributed by atoms with Crippen molar-refractivity contribution in [1.29, 1.82) is 0 Å². The largest absolute Gasteiger partial charge is 0.316 e. The number of nitrogens with one attached hydrogen (secondary N) is 1. The minimum atomic E-state index is 0.129. The van der Waals surface area contributed by atoms with Gasteiger partial charge in [0.2, 0.25) is 0 Å². The van der Waals surface area contributed by atoms with Gasteiger partial charge >= 0.3 is 0 Å². The predicted octanol–water partition coefficient (Wildman–Crippen LogP) is 3.38. The topological polar surface area (TPSA) is 34.0 Å². The van der Waals surface area contributed by atoms with Crippen LogP contribution < -0.4 is 10.9 Å². The molecule has 1 fully saturated rings. The summed E-state index contributed by atoms with van der Waals surface area (Å²) < 4.78 is 1.99. The molecule has 118 valence electrons. The molecule has 3 heterocycles. The van der Waals surface area contributed by atoms with E-state index in [9.17, 15) is 4.79 Å². The van der Waals surface area contributed by atoms with E-state index < -0.39 is 0 Å². The molecule has 0 spiro atoms. The van der Waals surface area contributed by atoms with Gasteiger partial charge in [-0.25, -0.2) is 0 Å². The zero-order valence-corrected chi connectivity index (χ0v) is 13.6. The van der Waals surface area contributed by atoms with Crippen LogP contribution >= 0.6 is 11.6 Å². The third-order valence-electron chi connectivity index (χ3n) is 4.86. The lowest BCUT2D eigenvalue weighted by molar-refractivity contribution is 0.257. The third-order valence-corrected chi connectivity index (χ3v) is 5.12. The highest BCUT2D eigenvalue weighted by atomic mass is 35.5. The molecule has 0 radical (unpaired) electrons. The lowest BCUT2D eigenvalue weighted by Crippen LogP contribution is -2.45. The zero-order chi connectivity index (χ0) is 15.8. The first-order chi connectivity index (χ1) is 11.2. The summed E-state index contributed by atoms with van der Waals surface area (Å²) >= 11 is 5.90. The fraction of sp³-hybridized carbons (Fsp3) is 0.316. The molecule has 23 heavy (non-hydrogen) atoms. The summed E-state index contributed by atoms with van der Waals surface area (Å²) in [6.45, 7) is 2.84. The quantitative estimate of drug-likeness (QED) is 0.918. The van der Waals surface area contributed by atoms with Gasteiger partial charge in [-0.05, 0) is 54.8 Å². The summed E-state index contributed by atoms with van der Waals surface area (Å²) in [7, 11) is 0. The molecule has 2 aromatic rings. The van der Waals surface area contributed by atoms with Crippen LogP contribution in [0.25, 0.3) is 12.2 Å². The Kier molecular flexibility index (Phi) is 3.83. The standard InChI is InChI=1S/C19H19ClN2O/c20-17-6-2-13(3-7-17)1-4-15-5-8-18-16-9-14(10-21-11-16)12-22(18)19(15)23/h1-8,14,16,21H,9-12H2/t14-,16-/m1/s1. The Bertz CT molecular complexity index is 807. The van der Waals surface area contributed by atoms with Gasteiger partial charge in [-0.2, -0.15) is 0 Å². The third kappa shape index (κ3) is 2.87. The number of hydrogen-bond donors (Lipinski definition) is 1. The Labute approximate surface area is 140 Å². The van der Waals surface area contributed by atoms with Gasteiger partial charge in [0.25, 0.3) is 5.56 Å². The number of halogens is 1. The van der Waals surface area contributed by atoms with Crippen molar-refractivity contribution >= 4 is 23.8 Å². The van der Waals surface area contributed by atoms with Crippen molar-refractivity contribution in [2.75, 3.05) is 13.1 Å². The van der Waals surface area contributed by atoms with E-state index in [4.69, 9.17) is 11.6 Å². The molecule has 1 aromatic heterocycles. The highest BCUT2D eigenvalue weighted by Crippen LogP contribution is 2.31. The van der Waals surface area contributed by atoms with Crippen molar-refractivity contribution < 1.29 is 0 Å². The van der Waals surface area contributed by atoms with Crippen LogP contribution in [-0.2, 0) is 6.54 Å². The van der Waals surface area contributed by atoms with Crippen molar-refractivity contribution in [2.45, 2.75) is 18.9 Å². The molecule has 0 aliphatic carbocycles. The van der Waals surface area contributed by atoms with Crippen LogP contribution in [0.4, 0.5) is 0 Å². The number of rotatable bonds is 2. The van der Waals surface area contributed by atoms with Gasteiger partial charge in [-0.3, -0.25) is 4.79 Å². The van der Waals surface area contributed by atoms with E-state index in [1.165, 1.54) is 12.1 Å². The van der Waals surface area contributed by atoms with E-state index in [1.54, 1.807) is 0 Å². The molecule has 2 atom stereocenters. The number of pyridine rings is 1. The van der Waals surface area contributed by atoms with Crippen molar-refractivity contribution in [3.8, 4) is 0 Å². The second-order valence-corrected chi connectivity index (χ2v) is 6.91. The summed E-state index contributed by atoms with van der Waals surface area (Å²) in [6, 6.07) is 11.7. The maximum Gasteiger partial charge on any atom is 0.258 e. The van der Waals surface area contributed by atoms with Gasteiger partial charge in [0.15, 0.2) is 0 Å². The highest BCUT2D eigenvalue weighted by Gasteiger charge is 2.30. The van der Waals surface area contributed by atoms with E-state index in [2.05, 4.69) is 11.4 Å². The van der Waals surface area contributed by atoms with Crippen LogP contribution in [-0.4, -0.2) is 17.7 Å². The lowest BCUT2D eigenvalue weighted by atomic mass is 9.84. The molecule has 0 saturated carbocycles. The number of hydrogen-bond acceptors (Lipinski definition) is 2. The smallest absolute Gasteiger partial charge is 0.258 e. The average molecular weight is 327 g/mol. The average Bonchev–Trinajstić information content (AvgIpc) is 2.57. The van der Waals surface area contributed by atoms with Crippen molar-refractivity contribution in [2.24, 2.45) is 5.92 Å².